The van der Waals surface area contributed by atoms with E-state index in [-0.39, 0.29) is 17.4 Å². The molecule has 2 aliphatic rings. The van der Waals surface area contributed by atoms with Crippen LogP contribution in [0.2, 0.25) is 0 Å². The number of hydrazine groups is 1. The highest BCUT2D eigenvalue weighted by Gasteiger charge is 2.46. The number of nitrogens with one attached hydrogen (secondary N) is 3. The first-order valence-electron chi connectivity index (χ1n) is 10.2. The highest BCUT2D eigenvalue weighted by Crippen LogP contribution is 2.28. The molecule has 0 aromatic carbocycles. The van der Waals surface area contributed by atoms with Crippen LogP contribution in [-0.2, 0) is 0 Å². The maximum Gasteiger partial charge on any atom is 0.411 e. The maximum atomic E-state index is 13.3. The predicted octanol–water partition coefficient (Wildman–Crippen LogP) is 1.72. The van der Waals surface area contributed by atoms with Crippen LogP contribution in [0.4, 0.5) is 19.0 Å². The highest BCUT2D eigenvalue weighted by molar-refractivity contribution is 5.95. The zero-order valence-electron chi connectivity index (χ0n) is 17.6. The summed E-state index contributed by atoms with van der Waals surface area (Å²) >= 11 is 0. The van der Waals surface area contributed by atoms with Gasteiger partial charge in [-0.2, -0.15) is 13.2 Å². The topological polar surface area (TPSA) is 76.9 Å². The smallest absolute Gasteiger partial charge is 0.351 e. The molecular weight excluding hydrogens is 411 g/mol. The lowest BCUT2D eigenvalue weighted by atomic mass is 10.1. The van der Waals surface area contributed by atoms with Gasteiger partial charge in [0.25, 0.3) is 5.91 Å². The summed E-state index contributed by atoms with van der Waals surface area (Å²) in [7, 11) is 1.44. The lowest BCUT2D eigenvalue weighted by Crippen LogP contribution is -2.47. The fraction of sp³-hybridized carbons (Fsp3) is 0.500. The molecule has 0 radical (unpaired) electrons. The van der Waals surface area contributed by atoms with Crippen LogP contribution in [0.1, 0.15) is 24.3 Å². The zero-order valence-corrected chi connectivity index (χ0v) is 17.6. The normalized spacial score (nSPS) is 25.0. The number of anilines is 1. The third-order valence-corrected chi connectivity index (χ3v) is 5.55. The summed E-state index contributed by atoms with van der Waals surface area (Å²) in [6.45, 7) is 6.80. The average Bonchev–Trinajstić information content (AvgIpc) is 3.23. The molecule has 0 bridgehead atoms. The second kappa shape index (κ2) is 8.04. The van der Waals surface area contributed by atoms with Gasteiger partial charge in [-0.3, -0.25) is 4.79 Å². The van der Waals surface area contributed by atoms with Crippen LogP contribution >= 0.6 is 0 Å². The van der Waals surface area contributed by atoms with Gasteiger partial charge in [0.15, 0.2) is 6.04 Å². The monoisotopic (exact) mass is 437 g/mol. The van der Waals surface area contributed by atoms with E-state index in [0.717, 1.165) is 25.5 Å². The number of aromatic nitrogens is 2. The van der Waals surface area contributed by atoms with Gasteiger partial charge in [-0.15, -0.1) is 5.10 Å². The maximum absolute atomic E-state index is 13.3. The van der Waals surface area contributed by atoms with Crippen molar-refractivity contribution in [3.63, 3.8) is 0 Å². The van der Waals surface area contributed by atoms with E-state index in [1.165, 1.54) is 22.8 Å². The molecule has 3 atom stereocenters. The van der Waals surface area contributed by atoms with Gasteiger partial charge in [0.05, 0.1) is 11.2 Å². The molecule has 2 aromatic rings. The Morgan fingerprint density at radius 2 is 1.94 bits per heavy atom. The Hall–Kier alpha value is -2.79. The number of carbonyl (C=O) groups is 1. The van der Waals surface area contributed by atoms with Gasteiger partial charge < -0.3 is 20.5 Å². The van der Waals surface area contributed by atoms with Gasteiger partial charge in [-0.05, 0) is 43.7 Å². The van der Waals surface area contributed by atoms with Crippen molar-refractivity contribution in [3.05, 3.63) is 41.9 Å². The lowest BCUT2D eigenvalue weighted by Gasteiger charge is -2.29. The molecule has 1 fully saturated rings. The van der Waals surface area contributed by atoms with Crippen LogP contribution in [0.25, 0.3) is 5.52 Å². The van der Waals surface area contributed by atoms with Crippen LogP contribution in [0, 0.1) is 5.92 Å². The second-order valence-corrected chi connectivity index (χ2v) is 8.26. The molecule has 4 heterocycles. The van der Waals surface area contributed by atoms with Crippen molar-refractivity contribution in [2.24, 2.45) is 5.92 Å². The molecule has 1 saturated heterocycles. The summed E-state index contributed by atoms with van der Waals surface area (Å²) in [6, 6.07) is 5.29. The zero-order chi connectivity index (χ0) is 22.3. The van der Waals surface area contributed by atoms with Gasteiger partial charge in [-0.25, -0.2) is 9.94 Å². The minimum Gasteiger partial charge on any atom is -0.351 e. The van der Waals surface area contributed by atoms with Crippen LogP contribution in [0.15, 0.2) is 36.2 Å². The number of hydrogen-bond donors (Lipinski definition) is 3. The molecule has 168 valence electrons. The molecule has 3 N–H and O–H groups in total. The number of hydrogen-bond acceptors (Lipinski definition) is 6. The summed E-state index contributed by atoms with van der Waals surface area (Å²) in [5, 5.41) is 11.6. The van der Waals surface area contributed by atoms with Gasteiger partial charge in [0.2, 0.25) is 0 Å². The fourth-order valence-electron chi connectivity index (χ4n) is 3.99. The molecule has 0 aliphatic carbocycles. The van der Waals surface area contributed by atoms with Crippen molar-refractivity contribution in [1.82, 2.24) is 30.7 Å². The summed E-state index contributed by atoms with van der Waals surface area (Å²) in [6.07, 6.45) is -3.32. The van der Waals surface area contributed by atoms with E-state index < -0.39 is 18.1 Å². The molecular formula is C20H26F3N7O. The Labute approximate surface area is 178 Å². The van der Waals surface area contributed by atoms with E-state index in [1.54, 1.807) is 12.1 Å². The van der Waals surface area contributed by atoms with Crippen LogP contribution in [-0.4, -0.2) is 65.5 Å². The number of fused-ring (bicyclic) bond motifs is 1. The highest BCUT2D eigenvalue weighted by atomic mass is 19.4. The first-order chi connectivity index (χ1) is 14.6. The van der Waals surface area contributed by atoms with Crippen molar-refractivity contribution in [1.29, 1.82) is 0 Å². The van der Waals surface area contributed by atoms with Crippen molar-refractivity contribution < 1.29 is 18.0 Å². The van der Waals surface area contributed by atoms with E-state index >= 15 is 0 Å². The Bertz CT molecular complexity index is 1000. The molecule has 1 unspecified atom stereocenters. The first kappa shape index (κ1) is 21.4. The number of nitrogens with zero attached hydrogens (tertiary/aromatic N) is 4. The lowest BCUT2D eigenvalue weighted by molar-refractivity contribution is -0.151. The molecule has 8 nitrogen and oxygen atoms in total. The Kier molecular flexibility index (Phi) is 5.56. The first-order valence-corrected chi connectivity index (χ1v) is 10.2. The SMILES string of the molecule is C[C@@H]1CNC[C@H](C)N(c2ccc3ccc(C(=O)NC4=CN(C)NC4C(F)(F)F)n3n2)C1. The number of carbonyl (C=O) groups excluding carboxylic acids is 1. The average molecular weight is 437 g/mol. The standard InChI is InChI=1S/C20H26F3N7O/c1-12-8-24-9-13(2)29(10-12)17-7-5-14-4-6-16(30(14)26-17)19(31)25-15-11-28(3)27-18(15)20(21,22)23/h4-7,11-13,18,24,27H,8-10H2,1-3H3,(H,25,31)/t12-,13+,18?/m1/s1. The predicted molar refractivity (Wildman–Crippen MR) is 110 cm³/mol. The summed E-state index contributed by atoms with van der Waals surface area (Å²) in [5.41, 5.74) is 2.86. The Morgan fingerprint density at radius 1 is 1.19 bits per heavy atom. The minimum absolute atomic E-state index is 0.168. The van der Waals surface area contributed by atoms with E-state index in [0.29, 0.717) is 11.4 Å². The Morgan fingerprint density at radius 3 is 2.68 bits per heavy atom. The van der Waals surface area contributed by atoms with Gasteiger partial charge >= 0.3 is 6.18 Å². The van der Waals surface area contributed by atoms with Crippen LogP contribution < -0.4 is 21.0 Å². The number of halogens is 3. The van der Waals surface area contributed by atoms with Crippen molar-refractivity contribution in [3.8, 4) is 0 Å². The second-order valence-electron chi connectivity index (χ2n) is 8.26. The summed E-state index contributed by atoms with van der Waals surface area (Å²) in [4.78, 5) is 15.0. The van der Waals surface area contributed by atoms with Gasteiger partial charge in [-0.1, -0.05) is 6.92 Å². The third kappa shape index (κ3) is 4.33. The number of rotatable bonds is 3. The van der Waals surface area contributed by atoms with Gasteiger partial charge in [0.1, 0.15) is 11.5 Å². The van der Waals surface area contributed by atoms with Crippen LogP contribution in [0.3, 0.4) is 0 Å². The molecule has 11 heteroatoms. The molecule has 1 amide bonds. The molecule has 4 rings (SSSR count). The quantitative estimate of drug-likeness (QED) is 0.679. The van der Waals surface area contributed by atoms with E-state index in [4.69, 9.17) is 0 Å². The van der Waals surface area contributed by atoms with E-state index in [1.807, 2.05) is 12.1 Å². The van der Waals surface area contributed by atoms with Gasteiger partial charge in [0, 0.05) is 32.4 Å². The van der Waals surface area contributed by atoms with Crippen molar-refractivity contribution >= 4 is 17.2 Å². The van der Waals surface area contributed by atoms with E-state index in [2.05, 4.69) is 39.9 Å². The molecule has 2 aromatic heterocycles. The van der Waals surface area contributed by atoms with Crippen molar-refractivity contribution in [2.45, 2.75) is 32.1 Å². The molecule has 0 spiro atoms. The van der Waals surface area contributed by atoms with Crippen molar-refractivity contribution in [2.75, 3.05) is 31.6 Å². The third-order valence-electron chi connectivity index (χ3n) is 5.55. The summed E-state index contributed by atoms with van der Waals surface area (Å²) in [5.74, 6) is 0.490. The molecule has 2 aliphatic heterocycles. The molecule has 0 saturated carbocycles. The summed E-state index contributed by atoms with van der Waals surface area (Å²) < 4.78 is 41.3. The number of amides is 1. The largest absolute Gasteiger partial charge is 0.411 e. The van der Waals surface area contributed by atoms with E-state index in [9.17, 15) is 18.0 Å². The molecule has 31 heavy (non-hydrogen) atoms. The fourth-order valence-corrected chi connectivity index (χ4v) is 3.99. The minimum atomic E-state index is -4.54. The number of alkyl halides is 3. The van der Waals surface area contributed by atoms with Crippen LogP contribution in [0.5, 0.6) is 0 Å². The Balaban J connectivity index is 1.62.